The van der Waals surface area contributed by atoms with Crippen LogP contribution in [0.4, 0.5) is 22.2 Å². The van der Waals surface area contributed by atoms with Crippen LogP contribution in [-0.4, -0.2) is 53.5 Å². The summed E-state index contributed by atoms with van der Waals surface area (Å²) in [5, 5.41) is 6.42. The lowest BCUT2D eigenvalue weighted by Crippen LogP contribution is -2.37. The lowest BCUT2D eigenvalue weighted by Gasteiger charge is -2.25. The number of benzene rings is 1. The maximum Gasteiger partial charge on any atom is 0.410 e. The van der Waals surface area contributed by atoms with Crippen LogP contribution in [0.3, 0.4) is 0 Å². The quantitative estimate of drug-likeness (QED) is 0.647. The van der Waals surface area contributed by atoms with Crippen molar-refractivity contribution in [2.24, 2.45) is 0 Å². The number of nitrogens with zero attached hydrogens (tertiary/aromatic N) is 3. The number of hydrogen-bond donors (Lipinski definition) is 2. The molecule has 3 heterocycles. The Balaban J connectivity index is 1.66. The van der Waals surface area contributed by atoms with E-state index in [2.05, 4.69) is 26.7 Å². The molecule has 9 heteroatoms. The molecule has 0 bridgehead atoms. The number of aryl methyl sites for hydroxylation is 1. The van der Waals surface area contributed by atoms with E-state index >= 15 is 0 Å². The van der Waals surface area contributed by atoms with Gasteiger partial charge in [0.1, 0.15) is 11.4 Å². The minimum absolute atomic E-state index is 0.174. The van der Waals surface area contributed by atoms with Crippen molar-refractivity contribution in [1.29, 1.82) is 0 Å². The summed E-state index contributed by atoms with van der Waals surface area (Å²) in [6.45, 7) is 10.9. The second-order valence-corrected chi connectivity index (χ2v) is 9.51. The number of hydrogen-bond acceptors (Lipinski definition) is 8. The molecule has 4 rings (SSSR count). The summed E-state index contributed by atoms with van der Waals surface area (Å²) in [5.74, 6) is 2.66. The van der Waals surface area contributed by atoms with Gasteiger partial charge in [0.25, 0.3) is 0 Å². The van der Waals surface area contributed by atoms with E-state index in [-0.39, 0.29) is 12.9 Å². The van der Waals surface area contributed by atoms with Gasteiger partial charge in [0.05, 0.1) is 0 Å². The molecule has 1 aromatic heterocycles. The Hall–Kier alpha value is -3.49. The van der Waals surface area contributed by atoms with Gasteiger partial charge in [0.2, 0.25) is 12.7 Å². The third-order valence-corrected chi connectivity index (χ3v) is 5.68. The molecule has 0 saturated heterocycles. The number of aromatic nitrogens is 2. The minimum Gasteiger partial charge on any atom is -0.453 e. The Labute approximate surface area is 200 Å². The van der Waals surface area contributed by atoms with Gasteiger partial charge in [-0.05, 0) is 58.6 Å². The van der Waals surface area contributed by atoms with Gasteiger partial charge < -0.3 is 29.7 Å². The van der Waals surface area contributed by atoms with Crippen molar-refractivity contribution in [3.63, 3.8) is 0 Å². The van der Waals surface area contributed by atoms with Crippen LogP contribution < -0.4 is 20.1 Å². The smallest absolute Gasteiger partial charge is 0.410 e. The fraction of sp³-hybridized carbons (Fsp3) is 0.480. The molecule has 182 valence electrons. The molecule has 0 spiro atoms. The monoisotopic (exact) mass is 467 g/mol. The maximum atomic E-state index is 12.6. The van der Waals surface area contributed by atoms with E-state index in [0.717, 1.165) is 52.5 Å². The van der Waals surface area contributed by atoms with E-state index in [0.29, 0.717) is 24.8 Å². The topological polar surface area (TPSA) is 97.8 Å². The second kappa shape index (κ2) is 9.40. The summed E-state index contributed by atoms with van der Waals surface area (Å²) in [7, 11) is 1.83. The lowest BCUT2D eigenvalue weighted by molar-refractivity contribution is 0.0273. The zero-order chi connectivity index (χ0) is 24.5. The molecule has 0 unspecified atom stereocenters. The predicted octanol–water partition coefficient (Wildman–Crippen LogP) is 5.02. The van der Waals surface area contributed by atoms with Gasteiger partial charge in [-0.2, -0.15) is 4.98 Å². The highest BCUT2D eigenvalue weighted by Crippen LogP contribution is 2.46. The molecule has 2 aromatic rings. The fourth-order valence-electron chi connectivity index (χ4n) is 4.12. The van der Waals surface area contributed by atoms with E-state index in [1.807, 2.05) is 53.8 Å². The molecule has 0 aliphatic carbocycles. The second-order valence-electron chi connectivity index (χ2n) is 9.51. The van der Waals surface area contributed by atoms with Crippen LogP contribution in [0.1, 0.15) is 50.4 Å². The molecule has 1 amide bonds. The van der Waals surface area contributed by atoms with Gasteiger partial charge in [-0.15, -0.1) is 0 Å². The number of anilines is 3. The van der Waals surface area contributed by atoms with Crippen LogP contribution >= 0.6 is 0 Å². The Morgan fingerprint density at radius 2 is 1.97 bits per heavy atom. The first-order valence-electron chi connectivity index (χ1n) is 11.6. The summed E-state index contributed by atoms with van der Waals surface area (Å²) >= 11 is 0. The molecule has 0 atom stereocenters. The van der Waals surface area contributed by atoms with Crippen molar-refractivity contribution in [2.45, 2.75) is 53.1 Å². The Kier molecular flexibility index (Phi) is 6.54. The average Bonchev–Trinajstić information content (AvgIpc) is 3.07. The third kappa shape index (κ3) is 5.18. The molecular weight excluding hydrogens is 434 g/mol. The van der Waals surface area contributed by atoms with E-state index in [1.54, 1.807) is 4.90 Å². The third-order valence-electron chi connectivity index (χ3n) is 5.68. The number of rotatable bonds is 4. The van der Waals surface area contributed by atoms with Crippen LogP contribution in [0.5, 0.6) is 11.5 Å². The largest absolute Gasteiger partial charge is 0.453 e. The van der Waals surface area contributed by atoms with Gasteiger partial charge in [-0.1, -0.05) is 6.08 Å². The Morgan fingerprint density at radius 1 is 1.18 bits per heavy atom. The molecule has 0 radical (unpaired) electrons. The van der Waals surface area contributed by atoms with Crippen LogP contribution in [0, 0.1) is 13.8 Å². The van der Waals surface area contributed by atoms with Crippen molar-refractivity contribution < 1.29 is 19.0 Å². The Bertz CT molecular complexity index is 1120. The summed E-state index contributed by atoms with van der Waals surface area (Å²) in [6.07, 6.45) is 3.43. The van der Waals surface area contributed by atoms with Crippen LogP contribution in [0.15, 0.2) is 18.2 Å². The predicted molar refractivity (Wildman–Crippen MR) is 132 cm³/mol. The SMILES string of the molecule is CNc1cc(C)nc(Nc2cc3c(c(C4=CCN(C(=O)OC(C)(C)C)CCC4)c2C)OCO3)n1. The number of carbonyl (C=O) groups excluding carboxylic acids is 1. The number of ether oxygens (including phenoxy) is 3. The van der Waals surface area contributed by atoms with Crippen molar-refractivity contribution >= 4 is 29.1 Å². The number of nitrogens with one attached hydrogen (secondary N) is 2. The Morgan fingerprint density at radius 3 is 2.71 bits per heavy atom. The van der Waals surface area contributed by atoms with Gasteiger partial charge in [-0.25, -0.2) is 9.78 Å². The first-order chi connectivity index (χ1) is 16.1. The number of carbonyl (C=O) groups is 1. The highest BCUT2D eigenvalue weighted by molar-refractivity contribution is 5.82. The zero-order valence-corrected chi connectivity index (χ0v) is 20.7. The summed E-state index contributed by atoms with van der Waals surface area (Å²) in [4.78, 5) is 23.4. The normalized spacial score (nSPS) is 15.5. The summed E-state index contributed by atoms with van der Waals surface area (Å²) < 4.78 is 17.2. The van der Waals surface area contributed by atoms with Gasteiger partial charge in [-0.3, -0.25) is 0 Å². The van der Waals surface area contributed by atoms with Gasteiger partial charge >= 0.3 is 6.09 Å². The van der Waals surface area contributed by atoms with E-state index in [9.17, 15) is 4.79 Å². The van der Waals surface area contributed by atoms with Crippen molar-refractivity contribution in [3.05, 3.63) is 35.0 Å². The van der Waals surface area contributed by atoms with Crippen molar-refractivity contribution in [2.75, 3.05) is 37.6 Å². The molecule has 1 aromatic carbocycles. The highest BCUT2D eigenvalue weighted by Gasteiger charge is 2.28. The molecule has 9 nitrogen and oxygen atoms in total. The first kappa shape index (κ1) is 23.7. The molecule has 2 aliphatic heterocycles. The van der Waals surface area contributed by atoms with E-state index < -0.39 is 5.60 Å². The van der Waals surface area contributed by atoms with Gasteiger partial charge in [0.15, 0.2) is 11.5 Å². The number of amides is 1. The molecular formula is C25H33N5O4. The maximum absolute atomic E-state index is 12.6. The average molecular weight is 468 g/mol. The number of fused-ring (bicyclic) bond motifs is 1. The van der Waals surface area contributed by atoms with E-state index in [4.69, 9.17) is 14.2 Å². The van der Waals surface area contributed by atoms with Crippen LogP contribution in [-0.2, 0) is 4.74 Å². The molecule has 0 fully saturated rings. The fourth-order valence-corrected chi connectivity index (χ4v) is 4.12. The van der Waals surface area contributed by atoms with Crippen LogP contribution in [0.2, 0.25) is 0 Å². The molecule has 0 saturated carbocycles. The number of allylic oxidation sites excluding steroid dienone is 1. The molecule has 34 heavy (non-hydrogen) atoms. The molecule has 2 aliphatic rings. The minimum atomic E-state index is -0.524. The van der Waals surface area contributed by atoms with Crippen molar-refractivity contribution in [1.82, 2.24) is 14.9 Å². The summed E-state index contributed by atoms with van der Waals surface area (Å²) in [5.41, 5.74) is 4.30. The first-order valence-corrected chi connectivity index (χ1v) is 11.6. The zero-order valence-electron chi connectivity index (χ0n) is 20.7. The standard InChI is InChI=1S/C25H33N5O4/c1-15-12-20(26-6)29-23(27-15)28-18-13-19-22(33-14-32-19)21(16(18)2)17-8-7-10-30(11-9-17)24(31)34-25(3,4)5/h9,12-13H,7-8,10-11,14H2,1-6H3,(H2,26,27,28,29). The highest BCUT2D eigenvalue weighted by atomic mass is 16.7. The van der Waals surface area contributed by atoms with Crippen LogP contribution in [0.25, 0.3) is 5.57 Å². The lowest BCUT2D eigenvalue weighted by atomic mass is 9.94. The van der Waals surface area contributed by atoms with Gasteiger partial charge in [0, 0.05) is 49.2 Å². The summed E-state index contributed by atoms with van der Waals surface area (Å²) in [6, 6.07) is 3.81. The van der Waals surface area contributed by atoms with E-state index in [1.165, 1.54) is 0 Å². The van der Waals surface area contributed by atoms with Crippen molar-refractivity contribution in [3.8, 4) is 11.5 Å². The molecule has 2 N–H and O–H groups in total.